The summed E-state index contributed by atoms with van der Waals surface area (Å²) in [6, 6.07) is 0. The Kier molecular flexibility index (Phi) is 103. The number of ketones is 1. The van der Waals surface area contributed by atoms with Crippen LogP contribution in [0.15, 0.2) is 0 Å². The monoisotopic (exact) mass is 912 g/mol. The van der Waals surface area contributed by atoms with Gasteiger partial charge in [-0.05, 0) is 54.8 Å². The van der Waals surface area contributed by atoms with E-state index in [2.05, 4.69) is 53.5 Å². The van der Waals surface area contributed by atoms with Gasteiger partial charge in [0.25, 0.3) is 0 Å². The number of carbonyl (C=O) groups is 3. The Labute approximate surface area is 382 Å². The first-order valence-electron chi connectivity index (χ1n) is 22.5. The Bertz CT molecular complexity index is 806. The molecular weight excluding hydrogens is 803 g/mol. The summed E-state index contributed by atoms with van der Waals surface area (Å²) in [5.74, 6) is 1.32. The summed E-state index contributed by atoms with van der Waals surface area (Å²) < 4.78 is 37.5. The highest BCUT2D eigenvalue weighted by atomic mass is 32.2. The predicted molar refractivity (Wildman–Crippen MR) is 268 cm³/mol. The van der Waals surface area contributed by atoms with Gasteiger partial charge in [-0.3, -0.25) is 18.6 Å². The van der Waals surface area contributed by atoms with Crippen LogP contribution >= 0.6 is 0 Å². The maximum atomic E-state index is 10.8. The minimum Gasteiger partial charge on any atom is -0.382 e. The van der Waals surface area contributed by atoms with E-state index in [1.165, 1.54) is 25.7 Å². The SMILES string of the molecule is C.CCC.CCC(=O)CC.CCC(=O)N(C)CC.CCC(=O)N(C)CC.CCCCC.CCN(C)CC.CCN(C)OS(=O)CC.CCOCC.CCOS(=O)N(C)CC. The minimum absolute atomic E-state index is 0. The molecule has 0 aromatic rings. The number of hydrogen-bond donors (Lipinski definition) is 0. The topological polar surface area (TPSA) is 129 Å². The minimum atomic E-state index is -1.23. The van der Waals surface area contributed by atoms with Crippen molar-refractivity contribution < 1.29 is 36.0 Å². The highest BCUT2D eigenvalue weighted by molar-refractivity contribution is 7.80. The van der Waals surface area contributed by atoms with Gasteiger partial charge < -0.3 is 19.4 Å². The van der Waals surface area contributed by atoms with Crippen molar-refractivity contribution in [3.05, 3.63) is 0 Å². The van der Waals surface area contributed by atoms with Gasteiger partial charge in [0.1, 0.15) is 5.78 Å². The molecule has 0 aromatic heterocycles. The fourth-order valence-electron chi connectivity index (χ4n) is 2.47. The zero-order chi connectivity index (χ0) is 48.6. The quantitative estimate of drug-likeness (QED) is 0.109. The van der Waals surface area contributed by atoms with Crippen LogP contribution in [0.1, 0.15) is 183 Å². The molecule has 0 N–H and O–H groups in total. The zero-order valence-corrected chi connectivity index (χ0v) is 45.2. The second-order valence-corrected chi connectivity index (χ2v) is 14.9. The molecule has 15 heteroatoms. The van der Waals surface area contributed by atoms with Crippen LogP contribution < -0.4 is 0 Å². The number of unbranched alkanes of at least 4 members (excludes halogenated alkanes) is 2. The Morgan fingerprint density at radius 1 is 0.500 bits per heavy atom. The number of hydrogen-bond acceptors (Lipinski definition) is 10. The largest absolute Gasteiger partial charge is 0.382 e. The number of Topliss-reactive ketones (excluding diaryl/α,β-unsaturated/α-hetero) is 1. The molecule has 374 valence electrons. The van der Waals surface area contributed by atoms with E-state index < -0.39 is 22.3 Å². The van der Waals surface area contributed by atoms with Gasteiger partial charge in [-0.15, -0.1) is 0 Å². The first-order valence-corrected chi connectivity index (χ1v) is 24.8. The molecular formula is C45H109N5O8S2. The molecule has 0 aliphatic heterocycles. The van der Waals surface area contributed by atoms with Crippen LogP contribution in [0.3, 0.4) is 0 Å². The molecule has 0 spiro atoms. The van der Waals surface area contributed by atoms with Crippen LogP contribution in [0.2, 0.25) is 0 Å². The number of hydroxylamine groups is 2. The van der Waals surface area contributed by atoms with E-state index in [1.54, 1.807) is 33.3 Å². The van der Waals surface area contributed by atoms with Gasteiger partial charge in [0.2, 0.25) is 23.1 Å². The molecule has 0 aliphatic rings. The molecule has 0 saturated carbocycles. The number of nitrogens with zero attached hydrogens (tertiary/aromatic N) is 5. The molecule has 0 aromatic carbocycles. The lowest BCUT2D eigenvalue weighted by molar-refractivity contribution is -0.130. The summed E-state index contributed by atoms with van der Waals surface area (Å²) in [5, 5.41) is 1.56. The highest BCUT2D eigenvalue weighted by Crippen LogP contribution is 1.92. The number of amides is 2. The third-order valence-electron chi connectivity index (χ3n) is 7.20. The fraction of sp³-hybridized carbons (Fsp3) is 0.933. The Balaban J connectivity index is -0.0000000593. The van der Waals surface area contributed by atoms with Crippen LogP contribution in [-0.4, -0.2) is 150 Å². The average Bonchev–Trinajstić information content (AvgIpc) is 3.26. The van der Waals surface area contributed by atoms with E-state index >= 15 is 0 Å². The van der Waals surface area contributed by atoms with E-state index in [4.69, 9.17) is 13.2 Å². The lowest BCUT2D eigenvalue weighted by Gasteiger charge is -2.11. The van der Waals surface area contributed by atoms with Gasteiger partial charge in [0.05, 0.1) is 6.61 Å². The van der Waals surface area contributed by atoms with Crippen LogP contribution in [0.5, 0.6) is 0 Å². The highest BCUT2D eigenvalue weighted by Gasteiger charge is 2.03. The second kappa shape index (κ2) is 75.1. The molecule has 60 heavy (non-hydrogen) atoms. The Morgan fingerprint density at radius 3 is 0.983 bits per heavy atom. The molecule has 2 atom stereocenters. The molecule has 0 aliphatic carbocycles. The second-order valence-electron chi connectivity index (χ2n) is 12.3. The summed E-state index contributed by atoms with van der Waals surface area (Å²) in [6.45, 7) is 43.5. The van der Waals surface area contributed by atoms with E-state index in [-0.39, 0.29) is 19.2 Å². The van der Waals surface area contributed by atoms with Crippen molar-refractivity contribution >= 4 is 39.9 Å². The third-order valence-corrected chi connectivity index (χ3v) is 9.30. The van der Waals surface area contributed by atoms with Gasteiger partial charge in [0.15, 0.2) is 11.1 Å². The molecule has 0 heterocycles. The summed E-state index contributed by atoms with van der Waals surface area (Å²) >= 11 is -2.36. The van der Waals surface area contributed by atoms with E-state index in [0.717, 1.165) is 52.5 Å². The summed E-state index contributed by atoms with van der Waals surface area (Å²) in [6.07, 6.45) is 7.94. The van der Waals surface area contributed by atoms with Crippen molar-refractivity contribution in [2.45, 2.75) is 183 Å². The van der Waals surface area contributed by atoms with Gasteiger partial charge in [-0.2, -0.15) is 9.35 Å². The lowest BCUT2D eigenvalue weighted by atomic mass is 10.3. The van der Waals surface area contributed by atoms with E-state index in [0.29, 0.717) is 43.8 Å². The standard InChI is InChI=1S/2C6H13NO.2C5H13NO2S.C5H13N.C5H10O.C5H12.C4H10O.C3H8.CH4/c2*1-4-6(8)7(3)5-2;1-4-6(3)8-9(7)5-2;1-4-6(3)9(7)8-5-2;1-4-6(3)5-2;1-3-5(6)4-2;2*1-3-5-4-2;1-3-2;/h2*4-5H2,1-3H3;2*4-5H2,1-3H3;4-5H2,1-3H3;3-4H2,1-2H3;3-5H2,1-2H3;3-4H2,1-2H3;3H2,1-2H3;1H4. The Morgan fingerprint density at radius 2 is 0.867 bits per heavy atom. The maximum Gasteiger partial charge on any atom is 0.236 e. The summed E-state index contributed by atoms with van der Waals surface area (Å²) in [4.78, 5) is 37.2. The third kappa shape index (κ3) is 92.1. The van der Waals surface area contributed by atoms with Crippen molar-refractivity contribution in [2.75, 3.05) is 100 Å². The molecule has 2 amide bonds. The van der Waals surface area contributed by atoms with Crippen molar-refractivity contribution in [3.8, 4) is 0 Å². The van der Waals surface area contributed by atoms with Crippen molar-refractivity contribution in [2.24, 2.45) is 0 Å². The molecule has 13 nitrogen and oxygen atoms in total. The number of rotatable bonds is 20. The lowest BCUT2D eigenvalue weighted by Crippen LogP contribution is -2.24. The molecule has 0 rings (SSSR count). The van der Waals surface area contributed by atoms with Gasteiger partial charge in [-0.1, -0.05) is 123 Å². The molecule has 0 fully saturated rings. The first kappa shape index (κ1) is 82.4. The number of ether oxygens (including phenoxy) is 1. The summed E-state index contributed by atoms with van der Waals surface area (Å²) in [7, 11) is 9.25. The van der Waals surface area contributed by atoms with Crippen LogP contribution in [0, 0.1) is 0 Å². The van der Waals surface area contributed by atoms with Gasteiger partial charge >= 0.3 is 0 Å². The smallest absolute Gasteiger partial charge is 0.236 e. The van der Waals surface area contributed by atoms with Crippen molar-refractivity contribution in [3.63, 3.8) is 0 Å². The predicted octanol–water partition coefficient (Wildman–Crippen LogP) is 10.5. The van der Waals surface area contributed by atoms with E-state index in [1.807, 2.05) is 97.2 Å². The molecule has 0 radical (unpaired) electrons. The zero-order valence-electron chi connectivity index (χ0n) is 43.5. The van der Waals surface area contributed by atoms with Crippen LogP contribution in [0.4, 0.5) is 0 Å². The molecule has 0 saturated heterocycles. The van der Waals surface area contributed by atoms with Crippen molar-refractivity contribution in [1.29, 1.82) is 0 Å². The van der Waals surface area contributed by atoms with Gasteiger partial charge in [-0.25, -0.2) is 12.7 Å². The van der Waals surface area contributed by atoms with Crippen molar-refractivity contribution in [1.82, 2.24) is 24.1 Å². The van der Waals surface area contributed by atoms with Crippen LogP contribution in [0.25, 0.3) is 0 Å². The Hall–Kier alpha value is -1.33. The fourth-order valence-corrected chi connectivity index (χ4v) is 3.55. The molecule has 0 bridgehead atoms. The van der Waals surface area contributed by atoms with E-state index in [9.17, 15) is 22.8 Å². The number of carbonyl (C=O) groups excluding carboxylic acids is 3. The normalized spacial score (nSPS) is 10.2. The average molecular weight is 913 g/mol. The van der Waals surface area contributed by atoms with Crippen LogP contribution in [-0.2, 0) is 49.9 Å². The molecule has 2 unspecified atom stereocenters. The first-order chi connectivity index (χ1) is 27.7. The maximum absolute atomic E-state index is 10.8. The summed E-state index contributed by atoms with van der Waals surface area (Å²) in [5.41, 5.74) is 0. The van der Waals surface area contributed by atoms with Gasteiger partial charge in [0, 0.05) is 99.0 Å².